The molecule has 1 aromatic heterocycles. The van der Waals surface area contributed by atoms with E-state index in [2.05, 4.69) is 33.6 Å². The fourth-order valence-corrected chi connectivity index (χ4v) is 3.96. The highest BCUT2D eigenvalue weighted by Gasteiger charge is 2.42. The fourth-order valence-electron chi connectivity index (χ4n) is 3.96. The smallest absolute Gasteiger partial charge is 0.218 e. The number of methoxy groups -OCH3 is 1. The van der Waals surface area contributed by atoms with Crippen LogP contribution in [0, 0.1) is 5.41 Å². The van der Waals surface area contributed by atoms with E-state index in [-0.39, 0.29) is 0 Å². The number of rotatable bonds is 4. The average molecular weight is 304 g/mol. The lowest BCUT2D eigenvalue weighted by atomic mass is 9.79. The molecule has 2 atom stereocenters. The summed E-state index contributed by atoms with van der Waals surface area (Å²) in [7, 11) is 1.66. The first kappa shape index (κ1) is 15.5. The summed E-state index contributed by atoms with van der Waals surface area (Å²) in [5.74, 6) is 1.66. The van der Waals surface area contributed by atoms with Gasteiger partial charge in [0.2, 0.25) is 5.88 Å². The Bertz CT molecular complexity index is 509. The molecule has 2 aliphatic heterocycles. The molecule has 0 radical (unpaired) electrons. The van der Waals surface area contributed by atoms with Crippen LogP contribution < -0.4 is 9.64 Å². The van der Waals surface area contributed by atoms with Gasteiger partial charge in [-0.15, -0.1) is 0 Å². The number of likely N-dealkylation sites (tertiary alicyclic amines) is 1. The normalized spacial score (nSPS) is 27.3. The first-order valence-corrected chi connectivity index (χ1v) is 8.51. The SMILES string of the molecule is CC[C@@H](C)N1CC[C@@]2(CCCN(c3cc(OC)ncn3)C2)C1. The van der Waals surface area contributed by atoms with Crippen molar-refractivity contribution < 1.29 is 4.74 Å². The zero-order valence-corrected chi connectivity index (χ0v) is 14.1. The molecule has 2 saturated heterocycles. The quantitative estimate of drug-likeness (QED) is 0.855. The lowest BCUT2D eigenvalue weighted by Gasteiger charge is -2.41. The molecule has 122 valence electrons. The maximum absolute atomic E-state index is 5.24. The van der Waals surface area contributed by atoms with Crippen LogP contribution >= 0.6 is 0 Å². The van der Waals surface area contributed by atoms with Crippen LogP contribution in [0.15, 0.2) is 12.4 Å². The number of hydrogen-bond acceptors (Lipinski definition) is 5. The predicted molar refractivity (Wildman–Crippen MR) is 88.4 cm³/mol. The van der Waals surface area contributed by atoms with E-state index in [4.69, 9.17) is 4.74 Å². The molecule has 0 bridgehead atoms. The third-order valence-electron chi connectivity index (χ3n) is 5.50. The fraction of sp³-hybridized carbons (Fsp3) is 0.765. The van der Waals surface area contributed by atoms with E-state index in [0.29, 0.717) is 17.3 Å². The van der Waals surface area contributed by atoms with Crippen LogP contribution in [-0.4, -0.2) is 54.2 Å². The minimum Gasteiger partial charge on any atom is -0.481 e. The van der Waals surface area contributed by atoms with Gasteiger partial charge in [0.25, 0.3) is 0 Å². The zero-order valence-electron chi connectivity index (χ0n) is 14.1. The number of ether oxygens (including phenoxy) is 1. The lowest BCUT2D eigenvalue weighted by molar-refractivity contribution is 0.188. The van der Waals surface area contributed by atoms with E-state index in [1.54, 1.807) is 13.4 Å². The Morgan fingerprint density at radius 2 is 2.14 bits per heavy atom. The summed E-state index contributed by atoms with van der Waals surface area (Å²) in [5.41, 5.74) is 0.444. The molecule has 1 spiro atoms. The van der Waals surface area contributed by atoms with Crippen molar-refractivity contribution in [3.63, 3.8) is 0 Å². The van der Waals surface area contributed by atoms with Crippen LogP contribution in [0.4, 0.5) is 5.82 Å². The summed E-state index contributed by atoms with van der Waals surface area (Å²) in [4.78, 5) is 13.7. The largest absolute Gasteiger partial charge is 0.481 e. The third kappa shape index (κ3) is 3.05. The second-order valence-corrected chi connectivity index (χ2v) is 6.92. The van der Waals surface area contributed by atoms with Gasteiger partial charge in [-0.2, -0.15) is 0 Å². The Hall–Kier alpha value is -1.36. The molecule has 1 aromatic rings. The Morgan fingerprint density at radius 3 is 2.91 bits per heavy atom. The number of anilines is 1. The molecule has 0 unspecified atom stereocenters. The average Bonchev–Trinajstić information content (AvgIpc) is 2.97. The van der Waals surface area contributed by atoms with Crippen LogP contribution in [0.1, 0.15) is 39.5 Å². The summed E-state index contributed by atoms with van der Waals surface area (Å²) in [6, 6.07) is 2.66. The standard InChI is InChI=1S/C17H28N4O/c1-4-14(2)20-9-7-17(11-20)6-5-8-21(12-17)15-10-16(22-3)19-13-18-15/h10,13-14H,4-9,11-12H2,1-3H3/t14-,17+/m1/s1. The molecule has 0 aromatic carbocycles. The van der Waals surface area contributed by atoms with E-state index in [1.165, 1.54) is 38.8 Å². The highest BCUT2D eigenvalue weighted by Crippen LogP contribution is 2.40. The summed E-state index contributed by atoms with van der Waals surface area (Å²) in [6.45, 7) is 9.33. The molecular weight excluding hydrogens is 276 g/mol. The van der Waals surface area contributed by atoms with Gasteiger partial charge in [0.15, 0.2) is 0 Å². The van der Waals surface area contributed by atoms with Gasteiger partial charge in [-0.3, -0.25) is 0 Å². The van der Waals surface area contributed by atoms with Crippen molar-refractivity contribution in [2.45, 2.75) is 45.6 Å². The molecule has 3 heterocycles. The molecule has 0 amide bonds. The maximum Gasteiger partial charge on any atom is 0.218 e. The molecule has 0 N–H and O–H groups in total. The Morgan fingerprint density at radius 1 is 1.27 bits per heavy atom. The van der Waals surface area contributed by atoms with Crippen LogP contribution in [0.3, 0.4) is 0 Å². The monoisotopic (exact) mass is 304 g/mol. The highest BCUT2D eigenvalue weighted by molar-refractivity contribution is 5.41. The minimum atomic E-state index is 0.444. The van der Waals surface area contributed by atoms with Crippen LogP contribution in [0.25, 0.3) is 0 Å². The first-order chi connectivity index (χ1) is 10.7. The lowest BCUT2D eigenvalue weighted by Crippen LogP contribution is -2.46. The summed E-state index contributed by atoms with van der Waals surface area (Å²) >= 11 is 0. The van der Waals surface area contributed by atoms with Gasteiger partial charge in [0.05, 0.1) is 7.11 Å². The van der Waals surface area contributed by atoms with E-state index in [1.807, 2.05) is 6.07 Å². The predicted octanol–water partition coefficient (Wildman–Crippen LogP) is 2.58. The summed E-state index contributed by atoms with van der Waals surface area (Å²) in [5, 5.41) is 0. The van der Waals surface area contributed by atoms with E-state index >= 15 is 0 Å². The molecule has 5 heteroatoms. The number of piperidine rings is 1. The maximum atomic E-state index is 5.24. The van der Waals surface area contributed by atoms with Crippen molar-refractivity contribution >= 4 is 5.82 Å². The zero-order chi connectivity index (χ0) is 15.6. The van der Waals surface area contributed by atoms with Crippen molar-refractivity contribution in [2.24, 2.45) is 5.41 Å². The molecule has 22 heavy (non-hydrogen) atoms. The van der Waals surface area contributed by atoms with Gasteiger partial charge >= 0.3 is 0 Å². The third-order valence-corrected chi connectivity index (χ3v) is 5.50. The molecule has 5 nitrogen and oxygen atoms in total. The van der Waals surface area contributed by atoms with Crippen molar-refractivity contribution in [2.75, 3.05) is 38.2 Å². The summed E-state index contributed by atoms with van der Waals surface area (Å²) < 4.78 is 5.24. The number of hydrogen-bond donors (Lipinski definition) is 0. The van der Waals surface area contributed by atoms with Crippen molar-refractivity contribution in [1.29, 1.82) is 0 Å². The first-order valence-electron chi connectivity index (χ1n) is 8.51. The molecule has 2 aliphatic rings. The highest BCUT2D eigenvalue weighted by atomic mass is 16.5. The van der Waals surface area contributed by atoms with E-state index < -0.39 is 0 Å². The summed E-state index contributed by atoms with van der Waals surface area (Å²) in [6.07, 6.45) is 6.76. The molecule has 2 fully saturated rings. The minimum absolute atomic E-state index is 0.444. The molecule has 0 saturated carbocycles. The van der Waals surface area contributed by atoms with Gasteiger partial charge < -0.3 is 14.5 Å². The van der Waals surface area contributed by atoms with Crippen LogP contribution in [0.5, 0.6) is 5.88 Å². The van der Waals surface area contributed by atoms with Gasteiger partial charge in [0.1, 0.15) is 12.1 Å². The van der Waals surface area contributed by atoms with Crippen molar-refractivity contribution in [3.8, 4) is 5.88 Å². The Kier molecular flexibility index (Phi) is 4.52. The van der Waals surface area contributed by atoms with Crippen molar-refractivity contribution in [3.05, 3.63) is 12.4 Å². The van der Waals surface area contributed by atoms with Gasteiger partial charge in [-0.25, -0.2) is 9.97 Å². The Labute approximate surface area is 133 Å². The van der Waals surface area contributed by atoms with E-state index in [9.17, 15) is 0 Å². The molecule has 3 rings (SSSR count). The topological polar surface area (TPSA) is 41.5 Å². The van der Waals surface area contributed by atoms with Crippen molar-refractivity contribution in [1.82, 2.24) is 14.9 Å². The second-order valence-electron chi connectivity index (χ2n) is 6.92. The second kappa shape index (κ2) is 6.41. The number of nitrogens with zero attached hydrogens (tertiary/aromatic N) is 4. The van der Waals surface area contributed by atoms with Gasteiger partial charge in [-0.05, 0) is 39.2 Å². The van der Waals surface area contributed by atoms with E-state index in [0.717, 1.165) is 18.9 Å². The van der Waals surface area contributed by atoms with Gasteiger partial charge in [-0.1, -0.05) is 6.92 Å². The Balaban J connectivity index is 1.72. The molecule has 0 aliphatic carbocycles. The van der Waals surface area contributed by atoms with Crippen LogP contribution in [-0.2, 0) is 0 Å². The number of aromatic nitrogens is 2. The molecular formula is C17H28N4O. The van der Waals surface area contributed by atoms with Gasteiger partial charge in [0, 0.05) is 37.2 Å². The van der Waals surface area contributed by atoms with Crippen LogP contribution in [0.2, 0.25) is 0 Å².